The summed E-state index contributed by atoms with van der Waals surface area (Å²) in [6.45, 7) is 0.563. The topological polar surface area (TPSA) is 46.3 Å². The molecule has 3 aromatic carbocycles. The normalized spacial score (nSPS) is 13.4. The molecule has 0 aliphatic carbocycles. The maximum atomic E-state index is 12.7. The lowest BCUT2D eigenvalue weighted by molar-refractivity contribution is 0.0996. The fraction of sp³-hybridized carbons (Fsp3) is 0.0476. The van der Waals surface area contributed by atoms with Gasteiger partial charge in [0.1, 0.15) is 5.52 Å². The minimum absolute atomic E-state index is 0.00864. The van der Waals surface area contributed by atoms with Crippen LogP contribution < -0.4 is 4.90 Å². The molecule has 0 radical (unpaired) electrons. The van der Waals surface area contributed by atoms with E-state index in [0.29, 0.717) is 28.6 Å². The first-order chi connectivity index (χ1) is 13.1. The van der Waals surface area contributed by atoms with Gasteiger partial charge in [0.25, 0.3) is 5.91 Å². The molecule has 0 bridgehead atoms. The summed E-state index contributed by atoms with van der Waals surface area (Å²) in [4.78, 5) is 19.1. The van der Waals surface area contributed by atoms with Crippen LogP contribution in [0.3, 0.4) is 0 Å². The molecule has 6 heteroatoms. The van der Waals surface area contributed by atoms with Crippen LogP contribution in [0.4, 0.5) is 5.69 Å². The van der Waals surface area contributed by atoms with Crippen LogP contribution in [0.25, 0.3) is 22.6 Å². The van der Waals surface area contributed by atoms with Crippen molar-refractivity contribution in [2.24, 2.45) is 0 Å². The highest BCUT2D eigenvalue weighted by Crippen LogP contribution is 2.34. The predicted molar refractivity (Wildman–Crippen MR) is 114 cm³/mol. The molecule has 0 spiro atoms. The van der Waals surface area contributed by atoms with Gasteiger partial charge in [0.2, 0.25) is 5.89 Å². The Kier molecular flexibility index (Phi) is 3.94. The monoisotopic (exact) mass is 486 g/mol. The molecule has 0 N–H and O–H groups in total. The summed E-state index contributed by atoms with van der Waals surface area (Å²) < 4.78 is 6.95. The van der Waals surface area contributed by atoms with Crippen LogP contribution in [-0.2, 0) is 6.54 Å². The highest BCUT2D eigenvalue weighted by molar-refractivity contribution is 14.1. The Hall–Kier alpha value is -2.38. The Morgan fingerprint density at radius 2 is 1.89 bits per heavy atom. The number of benzene rings is 3. The Labute approximate surface area is 173 Å². The van der Waals surface area contributed by atoms with E-state index in [0.717, 1.165) is 25.9 Å². The van der Waals surface area contributed by atoms with Gasteiger partial charge in [-0.25, -0.2) is 4.98 Å². The van der Waals surface area contributed by atoms with E-state index in [1.165, 1.54) is 0 Å². The minimum atomic E-state index is 0.00864. The number of fused-ring (bicyclic) bond motifs is 2. The number of hydrogen-bond acceptors (Lipinski definition) is 3. The second-order valence-electron chi connectivity index (χ2n) is 6.34. The quantitative estimate of drug-likeness (QED) is 0.331. The van der Waals surface area contributed by atoms with Gasteiger partial charge in [-0.1, -0.05) is 29.8 Å². The maximum absolute atomic E-state index is 12.7. The molecule has 4 nitrogen and oxygen atoms in total. The zero-order chi connectivity index (χ0) is 18.5. The first-order valence-electron chi connectivity index (χ1n) is 8.36. The second kappa shape index (κ2) is 6.35. The zero-order valence-electron chi connectivity index (χ0n) is 13.9. The van der Waals surface area contributed by atoms with Gasteiger partial charge in [-0.2, -0.15) is 0 Å². The van der Waals surface area contributed by atoms with Gasteiger partial charge in [0.15, 0.2) is 5.58 Å². The number of hydrogen-bond donors (Lipinski definition) is 0. The van der Waals surface area contributed by atoms with Crippen LogP contribution in [-0.4, -0.2) is 10.9 Å². The van der Waals surface area contributed by atoms with Crippen molar-refractivity contribution in [1.29, 1.82) is 0 Å². The summed E-state index contributed by atoms with van der Waals surface area (Å²) in [6, 6.07) is 19.0. The Morgan fingerprint density at radius 1 is 1.04 bits per heavy atom. The zero-order valence-corrected chi connectivity index (χ0v) is 16.9. The summed E-state index contributed by atoms with van der Waals surface area (Å²) in [7, 11) is 0. The van der Waals surface area contributed by atoms with Crippen LogP contribution in [0, 0.1) is 3.57 Å². The van der Waals surface area contributed by atoms with Crippen molar-refractivity contribution in [3.05, 3.63) is 80.4 Å². The Morgan fingerprint density at radius 3 is 2.74 bits per heavy atom. The van der Waals surface area contributed by atoms with Gasteiger partial charge in [0, 0.05) is 14.8 Å². The van der Waals surface area contributed by atoms with Crippen molar-refractivity contribution in [3.63, 3.8) is 0 Å². The van der Waals surface area contributed by atoms with Crippen LogP contribution in [0.5, 0.6) is 0 Å². The minimum Gasteiger partial charge on any atom is -0.436 e. The number of rotatable bonds is 2. The SMILES string of the molecule is O=C1c2ccccc2CN1c1ccc2oc(-c3cc(I)ccc3Cl)nc2c1. The highest BCUT2D eigenvalue weighted by Gasteiger charge is 2.28. The van der Waals surface area contributed by atoms with E-state index in [-0.39, 0.29) is 5.91 Å². The average molecular weight is 487 g/mol. The number of nitrogens with zero attached hydrogens (tertiary/aromatic N) is 2. The molecule has 4 aromatic rings. The van der Waals surface area contributed by atoms with E-state index >= 15 is 0 Å². The molecule has 27 heavy (non-hydrogen) atoms. The number of oxazole rings is 1. The van der Waals surface area contributed by atoms with Crippen LogP contribution in [0.15, 0.2) is 65.1 Å². The first-order valence-corrected chi connectivity index (χ1v) is 9.81. The molecule has 132 valence electrons. The molecule has 1 amide bonds. The van der Waals surface area contributed by atoms with Crippen LogP contribution in [0.1, 0.15) is 15.9 Å². The van der Waals surface area contributed by atoms with Gasteiger partial charge in [-0.15, -0.1) is 0 Å². The lowest BCUT2D eigenvalue weighted by atomic mass is 10.1. The van der Waals surface area contributed by atoms with Crippen molar-refractivity contribution in [3.8, 4) is 11.5 Å². The maximum Gasteiger partial charge on any atom is 0.258 e. The van der Waals surface area contributed by atoms with E-state index in [1.54, 1.807) is 4.90 Å². The average Bonchev–Trinajstić information content (AvgIpc) is 3.24. The number of amides is 1. The third-order valence-corrected chi connectivity index (χ3v) is 5.66. The molecule has 0 atom stereocenters. The molecule has 1 aliphatic heterocycles. The van der Waals surface area contributed by atoms with Gasteiger partial charge in [0.05, 0.1) is 17.1 Å². The third kappa shape index (κ3) is 2.82. The Balaban J connectivity index is 1.56. The standard InChI is InChI=1S/C21H12ClIN2O2/c22-17-7-5-13(23)9-16(17)20-24-18-10-14(6-8-19(18)27-20)25-11-12-3-1-2-4-15(12)21(25)26/h1-10H,11H2. The largest absolute Gasteiger partial charge is 0.436 e. The molecular formula is C21H12ClIN2O2. The number of halogens is 2. The fourth-order valence-electron chi connectivity index (χ4n) is 3.32. The molecule has 0 saturated heterocycles. The first kappa shape index (κ1) is 16.8. The highest BCUT2D eigenvalue weighted by atomic mass is 127. The van der Waals surface area contributed by atoms with Gasteiger partial charge in [-0.3, -0.25) is 4.79 Å². The lowest BCUT2D eigenvalue weighted by Gasteiger charge is -2.15. The lowest BCUT2D eigenvalue weighted by Crippen LogP contribution is -2.22. The number of carbonyl (C=O) groups is 1. The second-order valence-corrected chi connectivity index (χ2v) is 8.00. The third-order valence-electron chi connectivity index (χ3n) is 4.66. The molecule has 1 aromatic heterocycles. The summed E-state index contributed by atoms with van der Waals surface area (Å²) in [5.74, 6) is 0.482. The molecule has 1 aliphatic rings. The van der Waals surface area contributed by atoms with Crippen molar-refractivity contribution in [1.82, 2.24) is 4.98 Å². The van der Waals surface area contributed by atoms with E-state index in [2.05, 4.69) is 27.6 Å². The van der Waals surface area contributed by atoms with Gasteiger partial charge < -0.3 is 9.32 Å². The summed E-state index contributed by atoms with van der Waals surface area (Å²) in [6.07, 6.45) is 0. The fourth-order valence-corrected chi connectivity index (χ4v) is 4.01. The molecule has 2 heterocycles. The van der Waals surface area contributed by atoms with E-state index in [9.17, 15) is 4.79 Å². The van der Waals surface area contributed by atoms with E-state index in [1.807, 2.05) is 60.7 Å². The summed E-state index contributed by atoms with van der Waals surface area (Å²) in [5.41, 5.74) is 4.70. The molecule has 0 unspecified atom stereocenters. The number of carbonyl (C=O) groups excluding carboxylic acids is 1. The molecular weight excluding hydrogens is 475 g/mol. The summed E-state index contributed by atoms with van der Waals surface area (Å²) in [5, 5.41) is 0.590. The van der Waals surface area contributed by atoms with E-state index < -0.39 is 0 Å². The van der Waals surface area contributed by atoms with Gasteiger partial charge in [-0.05, 0) is 70.6 Å². The van der Waals surface area contributed by atoms with Crippen LogP contribution in [0.2, 0.25) is 5.02 Å². The molecule has 0 saturated carbocycles. The summed E-state index contributed by atoms with van der Waals surface area (Å²) >= 11 is 8.54. The predicted octanol–water partition coefficient (Wildman–Crippen LogP) is 5.91. The van der Waals surface area contributed by atoms with E-state index in [4.69, 9.17) is 16.0 Å². The Bertz CT molecular complexity index is 1220. The van der Waals surface area contributed by atoms with Crippen molar-refractivity contribution < 1.29 is 9.21 Å². The van der Waals surface area contributed by atoms with Crippen LogP contribution >= 0.6 is 34.2 Å². The smallest absolute Gasteiger partial charge is 0.258 e. The van der Waals surface area contributed by atoms with Crippen molar-refractivity contribution in [2.75, 3.05) is 4.90 Å². The van der Waals surface area contributed by atoms with Gasteiger partial charge >= 0.3 is 0 Å². The van der Waals surface area contributed by atoms with Crippen molar-refractivity contribution in [2.45, 2.75) is 6.54 Å². The van der Waals surface area contributed by atoms with Crippen molar-refractivity contribution >= 4 is 56.9 Å². The molecule has 0 fully saturated rings. The molecule has 5 rings (SSSR count). The number of anilines is 1. The number of aromatic nitrogens is 1.